The highest BCUT2D eigenvalue weighted by Gasteiger charge is 2.45. The normalized spacial score (nSPS) is 19.5. The minimum absolute atomic E-state index is 0.0644. The van der Waals surface area contributed by atoms with E-state index in [2.05, 4.69) is 29.5 Å². The predicted octanol–water partition coefficient (Wildman–Crippen LogP) is 5.93. The summed E-state index contributed by atoms with van der Waals surface area (Å²) in [5, 5.41) is 49.9. The third-order valence-electron chi connectivity index (χ3n) is 10.5. The van der Waals surface area contributed by atoms with Gasteiger partial charge in [-0.15, -0.1) is 5.10 Å². The van der Waals surface area contributed by atoms with Crippen LogP contribution in [0.25, 0.3) is 0 Å². The number of ether oxygens (including phenoxy) is 3. The van der Waals surface area contributed by atoms with Crippen molar-refractivity contribution < 1.29 is 49.0 Å². The molecule has 0 saturated carbocycles. The fourth-order valence-electron chi connectivity index (χ4n) is 6.85. The SMILES string of the molecule is CCCCCCCCCCCCCC(=O)OCC(CSCC(N)C(=O)Nc1cn(CC(O)C2OC(O)[C@@H](O)[C@@H]2O)nn1)OC(=O)CCCCCCCCCCCCC. The van der Waals surface area contributed by atoms with Crippen LogP contribution in [0.4, 0.5) is 5.82 Å². The maximum absolute atomic E-state index is 12.8. The van der Waals surface area contributed by atoms with Crippen LogP contribution in [0, 0.1) is 0 Å². The molecule has 16 heteroatoms. The van der Waals surface area contributed by atoms with Gasteiger partial charge in [-0.25, -0.2) is 4.68 Å². The molecule has 0 aromatic carbocycles. The van der Waals surface area contributed by atoms with Gasteiger partial charge in [0.15, 0.2) is 12.1 Å². The molecule has 1 amide bonds. The number of thioether (sulfide) groups is 1. The lowest BCUT2D eigenvalue weighted by Gasteiger charge is -2.20. The first-order valence-electron chi connectivity index (χ1n) is 22.3. The van der Waals surface area contributed by atoms with Gasteiger partial charge in [-0.3, -0.25) is 14.4 Å². The van der Waals surface area contributed by atoms with Crippen molar-refractivity contribution in [2.45, 2.75) is 217 Å². The van der Waals surface area contributed by atoms with Crippen molar-refractivity contribution in [3.8, 4) is 0 Å². The molecule has 0 aliphatic carbocycles. The number of hydrogen-bond acceptors (Lipinski definition) is 14. The lowest BCUT2D eigenvalue weighted by atomic mass is 10.1. The van der Waals surface area contributed by atoms with Crippen LogP contribution in [0.3, 0.4) is 0 Å². The Morgan fingerprint density at radius 3 is 1.78 bits per heavy atom. The van der Waals surface area contributed by atoms with E-state index in [4.69, 9.17) is 19.9 Å². The van der Waals surface area contributed by atoms with Crippen molar-refractivity contribution in [3.05, 3.63) is 6.20 Å². The smallest absolute Gasteiger partial charge is 0.306 e. The highest BCUT2D eigenvalue weighted by molar-refractivity contribution is 7.99. The second kappa shape index (κ2) is 32.4. The van der Waals surface area contributed by atoms with Gasteiger partial charge >= 0.3 is 11.9 Å². The zero-order valence-electron chi connectivity index (χ0n) is 35.5. The number of nitrogens with zero attached hydrogens (tertiary/aromatic N) is 3. The van der Waals surface area contributed by atoms with Crippen LogP contribution in [0.5, 0.6) is 0 Å². The fraction of sp³-hybridized carbons (Fsp3) is 0.881. The standard InChI is InChI=1S/C42H77N5O10S/c1-3-5-7-9-11-13-15-17-19-21-23-25-36(49)55-29-32(56-37(50)26-24-22-20-18-16-14-12-10-8-6-4-2)30-58-31-33(43)41(53)44-35-28-47(46-45-35)27-34(48)40-38(51)39(52)42(54)57-40/h28,32-34,38-40,42,48,51-52,54H,3-27,29-31,43H2,1-2H3,(H,44,53)/t32?,33?,34?,38-,39-,40?,42?/m0/s1. The van der Waals surface area contributed by atoms with E-state index in [-0.39, 0.29) is 42.4 Å². The van der Waals surface area contributed by atoms with Crippen LogP contribution < -0.4 is 11.1 Å². The molecule has 1 fully saturated rings. The van der Waals surface area contributed by atoms with Gasteiger partial charge in [0.1, 0.15) is 37.1 Å². The number of aliphatic hydroxyl groups is 4. The molecule has 7 N–H and O–H groups in total. The topological polar surface area (TPSA) is 229 Å². The van der Waals surface area contributed by atoms with E-state index in [9.17, 15) is 34.8 Å². The molecule has 2 rings (SSSR count). The maximum atomic E-state index is 12.8. The Morgan fingerprint density at radius 2 is 1.28 bits per heavy atom. The molecule has 1 aliphatic heterocycles. The van der Waals surface area contributed by atoms with E-state index in [1.165, 1.54) is 125 Å². The minimum Gasteiger partial charge on any atom is -0.462 e. The molecule has 2 heterocycles. The van der Waals surface area contributed by atoms with Gasteiger partial charge in [-0.2, -0.15) is 11.8 Å². The monoisotopic (exact) mass is 844 g/mol. The zero-order valence-corrected chi connectivity index (χ0v) is 36.3. The van der Waals surface area contributed by atoms with Gasteiger partial charge in [-0.1, -0.05) is 147 Å². The van der Waals surface area contributed by atoms with Crippen molar-refractivity contribution >= 4 is 35.4 Å². The molecule has 15 nitrogen and oxygen atoms in total. The average molecular weight is 844 g/mol. The number of aliphatic hydroxyl groups excluding tert-OH is 4. The number of unbranched alkanes of at least 4 members (excludes halogenated alkanes) is 20. The van der Waals surface area contributed by atoms with E-state index >= 15 is 0 Å². The minimum atomic E-state index is -1.62. The fourth-order valence-corrected chi connectivity index (χ4v) is 7.82. The molecule has 1 aromatic rings. The maximum Gasteiger partial charge on any atom is 0.306 e. The Labute approximate surface area is 351 Å². The number of nitrogens with two attached hydrogens (primary N) is 1. The van der Waals surface area contributed by atoms with Crippen LogP contribution in [-0.2, 0) is 35.1 Å². The number of hydrogen-bond donors (Lipinski definition) is 6. The second-order valence-electron chi connectivity index (χ2n) is 15.9. The van der Waals surface area contributed by atoms with Crippen LogP contribution in [0.15, 0.2) is 6.20 Å². The summed E-state index contributed by atoms with van der Waals surface area (Å²) in [5.41, 5.74) is 6.16. The second-order valence-corrected chi connectivity index (χ2v) is 16.9. The van der Waals surface area contributed by atoms with E-state index in [0.717, 1.165) is 38.5 Å². The van der Waals surface area contributed by atoms with Crippen molar-refractivity contribution in [2.75, 3.05) is 23.4 Å². The van der Waals surface area contributed by atoms with Gasteiger partial charge < -0.3 is 45.7 Å². The number of esters is 2. The van der Waals surface area contributed by atoms with E-state index in [0.29, 0.717) is 12.8 Å². The Hall–Kier alpha value is -2.34. The molecular formula is C42H77N5O10S. The van der Waals surface area contributed by atoms with Gasteiger partial charge in [-0.05, 0) is 12.8 Å². The predicted molar refractivity (Wildman–Crippen MR) is 226 cm³/mol. The molecule has 1 aliphatic rings. The van der Waals surface area contributed by atoms with Crippen LogP contribution in [0.2, 0.25) is 0 Å². The average Bonchev–Trinajstić information content (AvgIpc) is 3.75. The van der Waals surface area contributed by atoms with Gasteiger partial charge in [0.2, 0.25) is 5.91 Å². The summed E-state index contributed by atoms with van der Waals surface area (Å²) in [6.07, 6.45) is 20.1. The number of anilines is 1. The van der Waals surface area contributed by atoms with Crippen molar-refractivity contribution in [2.24, 2.45) is 5.73 Å². The first kappa shape index (κ1) is 51.8. The third kappa shape index (κ3) is 23.4. The summed E-state index contributed by atoms with van der Waals surface area (Å²) < 4.78 is 17.5. The Kier molecular flexibility index (Phi) is 29.0. The first-order valence-corrected chi connectivity index (χ1v) is 23.5. The largest absolute Gasteiger partial charge is 0.462 e. The number of rotatable bonds is 36. The Morgan fingerprint density at radius 1 is 0.776 bits per heavy atom. The van der Waals surface area contributed by atoms with Crippen LogP contribution in [-0.4, -0.2) is 114 Å². The third-order valence-corrected chi connectivity index (χ3v) is 11.7. The number of amides is 1. The highest BCUT2D eigenvalue weighted by Crippen LogP contribution is 2.23. The molecular weight excluding hydrogens is 767 g/mol. The molecule has 336 valence electrons. The zero-order chi connectivity index (χ0) is 42.4. The molecule has 0 spiro atoms. The van der Waals surface area contributed by atoms with Crippen molar-refractivity contribution in [3.63, 3.8) is 0 Å². The number of carbonyl (C=O) groups is 3. The van der Waals surface area contributed by atoms with Crippen LogP contribution in [0.1, 0.15) is 168 Å². The number of nitrogens with one attached hydrogen (secondary N) is 1. The van der Waals surface area contributed by atoms with Gasteiger partial charge in [0.05, 0.1) is 18.8 Å². The van der Waals surface area contributed by atoms with E-state index < -0.39 is 48.8 Å². The number of aromatic nitrogens is 3. The summed E-state index contributed by atoms with van der Waals surface area (Å²) in [5.74, 6) is -0.650. The summed E-state index contributed by atoms with van der Waals surface area (Å²) in [4.78, 5) is 38.2. The molecule has 5 unspecified atom stereocenters. The van der Waals surface area contributed by atoms with Crippen molar-refractivity contribution in [1.82, 2.24) is 15.0 Å². The van der Waals surface area contributed by atoms with Crippen molar-refractivity contribution in [1.29, 1.82) is 0 Å². The summed E-state index contributed by atoms with van der Waals surface area (Å²) in [6, 6.07) is -0.956. The van der Waals surface area contributed by atoms with Crippen LogP contribution >= 0.6 is 11.8 Å². The highest BCUT2D eigenvalue weighted by atomic mass is 32.2. The number of carbonyl (C=O) groups excluding carboxylic acids is 3. The molecule has 1 aromatic heterocycles. The lowest BCUT2D eigenvalue weighted by Crippen LogP contribution is -2.40. The molecule has 1 saturated heterocycles. The summed E-state index contributed by atoms with van der Waals surface area (Å²) >= 11 is 1.30. The summed E-state index contributed by atoms with van der Waals surface area (Å²) in [7, 11) is 0. The Bertz CT molecular complexity index is 1230. The molecule has 0 radical (unpaired) electrons. The summed E-state index contributed by atoms with van der Waals surface area (Å²) in [6.45, 7) is 4.20. The Balaban J connectivity index is 1.74. The van der Waals surface area contributed by atoms with Gasteiger partial charge in [0, 0.05) is 24.3 Å². The van der Waals surface area contributed by atoms with E-state index in [1.807, 2.05) is 0 Å². The lowest BCUT2D eigenvalue weighted by molar-refractivity contribution is -0.157. The van der Waals surface area contributed by atoms with Gasteiger partial charge in [0.25, 0.3) is 0 Å². The molecule has 0 bridgehead atoms. The quantitative estimate of drug-likeness (QED) is 0.0340. The molecule has 58 heavy (non-hydrogen) atoms. The van der Waals surface area contributed by atoms with E-state index in [1.54, 1.807) is 0 Å². The first-order chi connectivity index (χ1) is 28.0. The molecule has 7 atom stereocenters.